The van der Waals surface area contributed by atoms with Crippen LogP contribution in [0.3, 0.4) is 0 Å². The Hall–Kier alpha value is -3.29. The van der Waals surface area contributed by atoms with Crippen LogP contribution in [0.1, 0.15) is 30.3 Å². The zero-order chi connectivity index (χ0) is 20.2. The van der Waals surface area contributed by atoms with Crippen molar-refractivity contribution in [1.29, 1.82) is 0 Å². The molecular weight excluding hydrogens is 368 g/mol. The van der Waals surface area contributed by atoms with Crippen molar-refractivity contribution in [2.45, 2.75) is 32.4 Å². The highest BCUT2D eigenvalue weighted by Gasteiger charge is 2.24. The smallest absolute Gasteiger partial charge is 0.272 e. The van der Waals surface area contributed by atoms with Gasteiger partial charge in [-0.15, -0.1) is 0 Å². The van der Waals surface area contributed by atoms with E-state index in [0.717, 1.165) is 55.3 Å². The minimum absolute atomic E-state index is 0.0733. The van der Waals surface area contributed by atoms with E-state index in [9.17, 15) is 4.79 Å². The Bertz CT molecular complexity index is 962. The summed E-state index contributed by atoms with van der Waals surface area (Å²) < 4.78 is 6.97. The van der Waals surface area contributed by atoms with Crippen LogP contribution in [0, 0.1) is 0 Å². The molecule has 0 saturated carbocycles. The lowest BCUT2D eigenvalue weighted by atomic mass is 10.1. The second-order valence-electron chi connectivity index (χ2n) is 7.18. The van der Waals surface area contributed by atoms with Gasteiger partial charge in [-0.3, -0.25) is 14.6 Å². The second-order valence-corrected chi connectivity index (χ2v) is 7.18. The summed E-state index contributed by atoms with van der Waals surface area (Å²) in [6.07, 6.45) is 3.78. The Morgan fingerprint density at radius 3 is 2.86 bits per heavy atom. The van der Waals surface area contributed by atoms with Crippen LogP contribution in [0.4, 0.5) is 5.82 Å². The molecule has 1 aliphatic rings. The average Bonchev–Trinajstić information content (AvgIpc) is 3.44. The minimum Gasteiger partial charge on any atom is -0.497 e. The van der Waals surface area contributed by atoms with Crippen molar-refractivity contribution in [3.63, 3.8) is 0 Å². The van der Waals surface area contributed by atoms with Gasteiger partial charge in [-0.25, -0.2) is 0 Å². The molecule has 4 rings (SSSR count). The number of anilines is 1. The zero-order valence-electron chi connectivity index (χ0n) is 16.8. The Morgan fingerprint density at radius 1 is 1.31 bits per heavy atom. The van der Waals surface area contributed by atoms with E-state index in [1.54, 1.807) is 17.9 Å². The molecule has 3 heterocycles. The van der Waals surface area contributed by atoms with E-state index < -0.39 is 0 Å². The quantitative estimate of drug-likeness (QED) is 0.671. The molecule has 1 fully saturated rings. The molecule has 1 aliphatic heterocycles. The normalized spacial score (nSPS) is 16.6. The molecule has 1 saturated heterocycles. The number of nitrogens with one attached hydrogen (secondary N) is 2. The highest BCUT2D eigenvalue weighted by Crippen LogP contribution is 2.25. The number of hydrogen-bond acceptors (Lipinski definition) is 5. The SMILES string of the molecule is CCn1ccc(C(=O)N[C@H]2CCCN(c3cc(-c4ccc(OC)cc4)[nH]n3)C2)n1. The van der Waals surface area contributed by atoms with E-state index in [-0.39, 0.29) is 11.9 Å². The van der Waals surface area contributed by atoms with Crippen LogP contribution < -0.4 is 15.0 Å². The number of amides is 1. The monoisotopic (exact) mass is 394 g/mol. The summed E-state index contributed by atoms with van der Waals surface area (Å²) in [6, 6.07) is 11.8. The minimum atomic E-state index is -0.120. The van der Waals surface area contributed by atoms with Crippen LogP contribution >= 0.6 is 0 Å². The molecular formula is C21H26N6O2. The summed E-state index contributed by atoms with van der Waals surface area (Å²) in [5.74, 6) is 1.60. The molecule has 1 atom stereocenters. The summed E-state index contributed by atoms with van der Waals surface area (Å²) in [5.41, 5.74) is 2.47. The van der Waals surface area contributed by atoms with E-state index in [1.807, 2.05) is 37.4 Å². The Balaban J connectivity index is 1.40. The first-order valence-electron chi connectivity index (χ1n) is 9.95. The first-order chi connectivity index (χ1) is 14.2. The van der Waals surface area contributed by atoms with Crippen molar-refractivity contribution >= 4 is 11.7 Å². The first-order valence-corrected chi connectivity index (χ1v) is 9.95. The van der Waals surface area contributed by atoms with Crippen LogP contribution in [-0.4, -0.2) is 52.1 Å². The molecule has 0 spiro atoms. The van der Waals surface area contributed by atoms with E-state index in [1.165, 1.54) is 0 Å². The molecule has 0 radical (unpaired) electrons. The molecule has 8 heteroatoms. The highest BCUT2D eigenvalue weighted by molar-refractivity contribution is 5.92. The Kier molecular flexibility index (Phi) is 5.50. The Morgan fingerprint density at radius 2 is 2.14 bits per heavy atom. The number of aromatic nitrogens is 4. The van der Waals surface area contributed by atoms with Crippen molar-refractivity contribution < 1.29 is 9.53 Å². The van der Waals surface area contributed by atoms with Crippen LogP contribution in [0.2, 0.25) is 0 Å². The summed E-state index contributed by atoms with van der Waals surface area (Å²) in [4.78, 5) is 14.7. The number of ether oxygens (including phenoxy) is 1. The Labute approximate surface area is 169 Å². The van der Waals surface area contributed by atoms with Crippen LogP contribution in [0.15, 0.2) is 42.6 Å². The number of hydrogen-bond donors (Lipinski definition) is 2. The maximum atomic E-state index is 12.5. The summed E-state index contributed by atoms with van der Waals surface area (Å²) in [6.45, 7) is 4.40. The van der Waals surface area contributed by atoms with Gasteiger partial charge in [0.25, 0.3) is 5.91 Å². The number of methoxy groups -OCH3 is 1. The molecule has 1 aromatic carbocycles. The van der Waals surface area contributed by atoms with E-state index >= 15 is 0 Å². The van der Waals surface area contributed by atoms with Gasteiger partial charge in [-0.2, -0.15) is 10.2 Å². The lowest BCUT2D eigenvalue weighted by molar-refractivity contribution is 0.0927. The summed E-state index contributed by atoms with van der Waals surface area (Å²) in [5, 5.41) is 15.0. The van der Waals surface area contributed by atoms with Crippen LogP contribution in [-0.2, 0) is 6.54 Å². The lowest BCUT2D eigenvalue weighted by Crippen LogP contribution is -2.48. The summed E-state index contributed by atoms with van der Waals surface area (Å²) >= 11 is 0. The molecule has 3 aromatic rings. The molecule has 2 N–H and O–H groups in total. The van der Waals surface area contributed by atoms with E-state index in [2.05, 4.69) is 31.6 Å². The van der Waals surface area contributed by atoms with Crippen molar-refractivity contribution in [1.82, 2.24) is 25.3 Å². The number of nitrogens with zero attached hydrogens (tertiary/aromatic N) is 4. The standard InChI is InChI=1S/C21H26N6O2/c1-3-27-12-10-18(25-27)21(28)22-16-5-4-11-26(14-16)20-13-19(23-24-20)15-6-8-17(29-2)9-7-15/h6-10,12-13,16H,3-5,11,14H2,1-2H3,(H,22,28)(H,23,24)/t16-/m0/s1. The van der Waals surface area contributed by atoms with Gasteiger partial charge in [0.1, 0.15) is 11.4 Å². The molecule has 2 aromatic heterocycles. The van der Waals surface area contributed by atoms with Crippen LogP contribution in [0.25, 0.3) is 11.3 Å². The third-order valence-electron chi connectivity index (χ3n) is 5.24. The van der Waals surface area contributed by atoms with Crippen molar-refractivity contribution in [3.05, 3.63) is 48.3 Å². The molecule has 0 unspecified atom stereocenters. The fraction of sp³-hybridized carbons (Fsp3) is 0.381. The average molecular weight is 394 g/mol. The molecule has 0 bridgehead atoms. The molecule has 1 amide bonds. The summed E-state index contributed by atoms with van der Waals surface area (Å²) in [7, 11) is 1.66. The molecule has 152 valence electrons. The van der Waals surface area contributed by atoms with Gasteiger partial charge < -0.3 is 15.0 Å². The highest BCUT2D eigenvalue weighted by atomic mass is 16.5. The van der Waals surface area contributed by atoms with Gasteiger partial charge in [0.15, 0.2) is 5.82 Å². The van der Waals surface area contributed by atoms with Crippen LogP contribution in [0.5, 0.6) is 5.75 Å². The molecule has 8 nitrogen and oxygen atoms in total. The van der Waals surface area contributed by atoms with Gasteiger partial charge in [0.2, 0.25) is 0 Å². The zero-order valence-corrected chi connectivity index (χ0v) is 16.8. The fourth-order valence-corrected chi connectivity index (χ4v) is 3.61. The number of rotatable bonds is 6. The number of H-pyrrole nitrogens is 1. The topological polar surface area (TPSA) is 88.1 Å². The van der Waals surface area contributed by atoms with E-state index in [4.69, 9.17) is 4.74 Å². The second kappa shape index (κ2) is 8.38. The lowest BCUT2D eigenvalue weighted by Gasteiger charge is -2.33. The van der Waals surface area contributed by atoms with Crippen molar-refractivity contribution in [2.24, 2.45) is 0 Å². The van der Waals surface area contributed by atoms with Gasteiger partial charge >= 0.3 is 0 Å². The number of carbonyl (C=O) groups is 1. The van der Waals surface area contributed by atoms with Gasteiger partial charge in [-0.05, 0) is 55.7 Å². The third kappa shape index (κ3) is 4.26. The van der Waals surface area contributed by atoms with Gasteiger partial charge in [0.05, 0.1) is 12.8 Å². The number of aryl methyl sites for hydroxylation is 1. The van der Waals surface area contributed by atoms with Crippen molar-refractivity contribution in [2.75, 3.05) is 25.1 Å². The maximum absolute atomic E-state index is 12.5. The van der Waals surface area contributed by atoms with Crippen molar-refractivity contribution in [3.8, 4) is 17.0 Å². The molecule has 0 aliphatic carbocycles. The predicted molar refractivity (Wildman–Crippen MR) is 111 cm³/mol. The number of benzene rings is 1. The maximum Gasteiger partial charge on any atom is 0.272 e. The van der Waals surface area contributed by atoms with Gasteiger partial charge in [-0.1, -0.05) is 0 Å². The largest absolute Gasteiger partial charge is 0.497 e. The van der Waals surface area contributed by atoms with Gasteiger partial charge in [0, 0.05) is 37.9 Å². The number of aromatic amines is 1. The number of piperidine rings is 1. The fourth-order valence-electron chi connectivity index (χ4n) is 3.61. The first kappa shape index (κ1) is 19.0. The third-order valence-corrected chi connectivity index (χ3v) is 5.24. The van der Waals surface area contributed by atoms with E-state index in [0.29, 0.717) is 5.69 Å². The molecule has 29 heavy (non-hydrogen) atoms. The predicted octanol–water partition coefficient (Wildman–Crippen LogP) is 2.70. The number of carbonyl (C=O) groups excluding carboxylic acids is 1.